The maximum atomic E-state index is 7.07. The average Bonchev–Trinajstić information content (AvgIpc) is 3.07. The summed E-state index contributed by atoms with van der Waals surface area (Å²) in [6.45, 7) is 1.93. The van der Waals surface area contributed by atoms with Crippen molar-refractivity contribution in [2.75, 3.05) is 62.7 Å². The number of likely N-dealkylation sites (N-methyl/N-ethyl adjacent to an activating group) is 2. The smallest absolute Gasteiger partial charge is 0.204 e. The molecular formula is C39H45I2N2O6-. The van der Waals surface area contributed by atoms with E-state index in [9.17, 15) is 0 Å². The molecule has 0 unspecified atom stereocenters. The van der Waals surface area contributed by atoms with E-state index in [4.69, 9.17) is 28.4 Å². The summed E-state index contributed by atoms with van der Waals surface area (Å²) in [4.78, 5) is 2.39. The minimum Gasteiger partial charge on any atom is -1.00 e. The van der Waals surface area contributed by atoms with Crippen molar-refractivity contribution in [2.24, 2.45) is 0 Å². The molecule has 4 heterocycles. The van der Waals surface area contributed by atoms with Crippen LogP contribution in [0.4, 0.5) is 0 Å². The zero-order valence-corrected chi connectivity index (χ0v) is 33.6. The summed E-state index contributed by atoms with van der Waals surface area (Å²) in [7, 11) is 13.6. The first-order valence-electron chi connectivity index (χ1n) is 16.4. The molecule has 0 amide bonds. The van der Waals surface area contributed by atoms with Gasteiger partial charge in [-0.1, -0.05) is 18.2 Å². The second-order valence-corrected chi connectivity index (χ2v) is 13.5. The Morgan fingerprint density at radius 2 is 1.37 bits per heavy atom. The molecule has 2 atom stereocenters. The minimum absolute atomic E-state index is 0. The fourth-order valence-corrected chi connectivity index (χ4v) is 7.62. The van der Waals surface area contributed by atoms with Crippen LogP contribution in [0.1, 0.15) is 45.5 Å². The SMILES string of the molecule is COc1ccc2cc1Oc1ccc(cc1)C[C@H]1c3cc(c(OC)cc3CC[N+]1(C)C)Oc1c(OC)c(OC)cc3c1[C@H](C2)N(C)CC3.[I-].[I-]. The highest BCUT2D eigenvalue weighted by Crippen LogP contribution is 2.52. The molecule has 0 saturated heterocycles. The quantitative estimate of drug-likeness (QED) is 0.227. The second kappa shape index (κ2) is 15.1. The van der Waals surface area contributed by atoms with Gasteiger partial charge in [0.05, 0.1) is 49.1 Å². The number of halogens is 2. The molecule has 4 aromatic rings. The Morgan fingerprint density at radius 1 is 0.694 bits per heavy atom. The number of ether oxygens (including phenoxy) is 6. The van der Waals surface area contributed by atoms with Gasteiger partial charge in [0.25, 0.3) is 0 Å². The number of quaternary nitrogens is 1. The monoisotopic (exact) mass is 891 g/mol. The summed E-state index contributed by atoms with van der Waals surface area (Å²) < 4.78 is 38.1. The molecule has 6 bridgehead atoms. The minimum atomic E-state index is -0.0000567. The number of hydrogen-bond donors (Lipinski definition) is 0. The van der Waals surface area contributed by atoms with Crippen molar-refractivity contribution < 1.29 is 80.9 Å². The molecule has 8 nitrogen and oxygen atoms in total. The van der Waals surface area contributed by atoms with Crippen molar-refractivity contribution in [2.45, 2.75) is 37.8 Å². The molecular weight excluding hydrogens is 846 g/mol. The molecule has 4 aromatic carbocycles. The van der Waals surface area contributed by atoms with E-state index in [2.05, 4.69) is 80.6 Å². The first kappa shape index (κ1) is 37.3. The van der Waals surface area contributed by atoms with E-state index in [1.807, 2.05) is 6.07 Å². The van der Waals surface area contributed by atoms with Gasteiger partial charge in [0, 0.05) is 36.6 Å². The number of rotatable bonds is 4. The Bertz CT molecular complexity index is 1810. The predicted octanol–water partition coefficient (Wildman–Crippen LogP) is 1.32. The third-order valence-corrected chi connectivity index (χ3v) is 10.4. The molecule has 8 rings (SSSR count). The molecule has 4 aliphatic heterocycles. The van der Waals surface area contributed by atoms with E-state index in [0.717, 1.165) is 60.1 Å². The number of benzene rings is 4. The van der Waals surface area contributed by atoms with Gasteiger partial charge in [-0.15, -0.1) is 0 Å². The van der Waals surface area contributed by atoms with E-state index < -0.39 is 0 Å². The molecule has 0 fully saturated rings. The lowest BCUT2D eigenvalue weighted by atomic mass is 9.86. The summed E-state index contributed by atoms with van der Waals surface area (Å²) in [6.07, 6.45) is 3.42. The van der Waals surface area contributed by atoms with Crippen LogP contribution in [0.3, 0.4) is 0 Å². The first-order valence-corrected chi connectivity index (χ1v) is 16.4. The summed E-state index contributed by atoms with van der Waals surface area (Å²) >= 11 is 0. The highest BCUT2D eigenvalue weighted by Gasteiger charge is 2.38. The van der Waals surface area contributed by atoms with Gasteiger partial charge in [0.2, 0.25) is 5.75 Å². The predicted molar refractivity (Wildman–Crippen MR) is 182 cm³/mol. The third kappa shape index (κ3) is 7.02. The van der Waals surface area contributed by atoms with Crippen LogP contribution in [0.15, 0.2) is 60.7 Å². The van der Waals surface area contributed by atoms with Crippen LogP contribution in [-0.4, -0.2) is 72.1 Å². The van der Waals surface area contributed by atoms with Crippen molar-refractivity contribution >= 4 is 0 Å². The molecule has 10 heteroatoms. The largest absolute Gasteiger partial charge is 1.00 e. The van der Waals surface area contributed by atoms with Crippen LogP contribution in [0.2, 0.25) is 0 Å². The number of methoxy groups -OCH3 is 4. The van der Waals surface area contributed by atoms with Crippen LogP contribution in [0.25, 0.3) is 0 Å². The van der Waals surface area contributed by atoms with Gasteiger partial charge in [0.15, 0.2) is 34.5 Å². The Labute approximate surface area is 324 Å². The summed E-state index contributed by atoms with van der Waals surface area (Å²) in [5.74, 6) is 5.45. The molecule has 0 aromatic heterocycles. The summed E-state index contributed by atoms with van der Waals surface area (Å²) in [6, 6.07) is 21.4. The topological polar surface area (TPSA) is 58.6 Å². The Hall–Kier alpha value is -2.94. The molecule has 0 aliphatic carbocycles. The molecule has 0 N–H and O–H groups in total. The summed E-state index contributed by atoms with van der Waals surface area (Å²) in [5.41, 5.74) is 7.23. The maximum absolute atomic E-state index is 7.07. The van der Waals surface area contributed by atoms with Crippen LogP contribution >= 0.6 is 0 Å². The lowest BCUT2D eigenvalue weighted by molar-refractivity contribution is -0.923. The van der Waals surface area contributed by atoms with E-state index in [1.54, 1.807) is 28.4 Å². The van der Waals surface area contributed by atoms with Crippen LogP contribution in [0.5, 0.6) is 46.0 Å². The third-order valence-electron chi connectivity index (χ3n) is 10.4. The highest BCUT2D eigenvalue weighted by molar-refractivity contribution is 5.63. The molecule has 262 valence electrons. The Balaban J connectivity index is 0.00000234. The lowest BCUT2D eigenvalue weighted by Crippen LogP contribution is -3.00. The van der Waals surface area contributed by atoms with Gasteiger partial charge >= 0.3 is 0 Å². The van der Waals surface area contributed by atoms with Gasteiger partial charge in [-0.05, 0) is 84.6 Å². The molecule has 4 aliphatic rings. The molecule has 49 heavy (non-hydrogen) atoms. The average molecular weight is 892 g/mol. The van der Waals surface area contributed by atoms with Gasteiger partial charge in [-0.2, -0.15) is 0 Å². The van der Waals surface area contributed by atoms with Crippen LogP contribution in [-0.2, 0) is 25.7 Å². The van der Waals surface area contributed by atoms with Gasteiger partial charge in [-0.3, -0.25) is 4.90 Å². The van der Waals surface area contributed by atoms with Crippen molar-refractivity contribution in [3.63, 3.8) is 0 Å². The summed E-state index contributed by atoms with van der Waals surface area (Å²) in [5, 5.41) is 0. The van der Waals surface area contributed by atoms with Gasteiger partial charge in [-0.25, -0.2) is 0 Å². The standard InChI is InChI=1S/C39H45N2O6.2HI/c1-40-16-14-27-22-36(44-6)38(45-7)39-37(27)30(40)18-25-10-13-32(42-4)34(20-25)46-28-11-8-24(9-12-28)19-31-29-23-35(47-39)33(43-5)21-26(29)15-17-41(31,2)3;;/h8-13,20-23,30-31H,14-19H2,1-7H3;2*1H/q+1;;/p-2/t30-,31-;;/m0../s1. The number of fused-ring (bicyclic) bond motifs is 2. The number of hydrogen-bond acceptors (Lipinski definition) is 7. The highest BCUT2D eigenvalue weighted by atomic mass is 127. The fraction of sp³-hybridized carbons (Fsp3) is 0.385. The zero-order valence-electron chi connectivity index (χ0n) is 29.3. The van der Waals surface area contributed by atoms with Crippen LogP contribution in [0, 0.1) is 0 Å². The van der Waals surface area contributed by atoms with E-state index in [0.29, 0.717) is 40.2 Å². The van der Waals surface area contributed by atoms with Crippen molar-refractivity contribution in [1.82, 2.24) is 4.90 Å². The zero-order chi connectivity index (χ0) is 32.9. The van der Waals surface area contributed by atoms with Gasteiger partial charge in [0.1, 0.15) is 11.8 Å². The fourth-order valence-electron chi connectivity index (χ4n) is 7.62. The van der Waals surface area contributed by atoms with Gasteiger partial charge < -0.3 is 80.9 Å². The normalized spacial score (nSPS) is 18.9. The molecule has 0 radical (unpaired) electrons. The number of nitrogens with zero attached hydrogens (tertiary/aromatic N) is 2. The van der Waals surface area contributed by atoms with Crippen molar-refractivity contribution in [3.05, 3.63) is 94.0 Å². The first-order chi connectivity index (χ1) is 22.7. The van der Waals surface area contributed by atoms with E-state index in [-0.39, 0.29) is 60.0 Å². The lowest BCUT2D eigenvalue weighted by Gasteiger charge is -2.43. The molecule has 0 saturated carbocycles. The second-order valence-electron chi connectivity index (χ2n) is 13.5. The Morgan fingerprint density at radius 3 is 2.06 bits per heavy atom. The molecule has 0 spiro atoms. The Kier molecular flexibility index (Phi) is 11.5. The van der Waals surface area contributed by atoms with Crippen LogP contribution < -0.4 is 76.4 Å². The van der Waals surface area contributed by atoms with Crippen molar-refractivity contribution in [1.29, 1.82) is 0 Å². The van der Waals surface area contributed by atoms with E-state index >= 15 is 0 Å². The van der Waals surface area contributed by atoms with Crippen molar-refractivity contribution in [3.8, 4) is 46.0 Å². The maximum Gasteiger partial charge on any atom is 0.204 e. The van der Waals surface area contributed by atoms with E-state index in [1.165, 1.54) is 22.3 Å².